The van der Waals surface area contributed by atoms with Gasteiger partial charge in [0.15, 0.2) is 6.61 Å². The Morgan fingerprint density at radius 1 is 0.958 bits per heavy atom. The molecular formula is C16H17N5O3. The molecule has 1 aliphatic rings. The third-order valence-electron chi connectivity index (χ3n) is 3.67. The number of pyridine rings is 1. The van der Waals surface area contributed by atoms with E-state index in [-0.39, 0.29) is 18.2 Å². The fourth-order valence-electron chi connectivity index (χ4n) is 2.39. The highest BCUT2D eigenvalue weighted by Gasteiger charge is 2.23. The van der Waals surface area contributed by atoms with E-state index < -0.39 is 5.97 Å². The standard InChI is InChI=1S/C16H17N5O3/c22-14(12-24-15(23)13-4-1-2-5-17-13)20-8-10-21(11-9-20)16-18-6-3-7-19-16/h1-7H,8-12H2. The van der Waals surface area contributed by atoms with Crippen LogP contribution in [0.4, 0.5) is 5.95 Å². The second-order valence-corrected chi connectivity index (χ2v) is 5.21. The highest BCUT2D eigenvalue weighted by atomic mass is 16.5. The first-order valence-corrected chi connectivity index (χ1v) is 7.62. The van der Waals surface area contributed by atoms with E-state index in [1.807, 2.05) is 4.90 Å². The Balaban J connectivity index is 1.46. The smallest absolute Gasteiger partial charge is 0.357 e. The highest BCUT2D eigenvalue weighted by Crippen LogP contribution is 2.10. The van der Waals surface area contributed by atoms with E-state index >= 15 is 0 Å². The number of carbonyl (C=O) groups is 2. The van der Waals surface area contributed by atoms with Gasteiger partial charge in [-0.1, -0.05) is 6.07 Å². The minimum atomic E-state index is -0.597. The van der Waals surface area contributed by atoms with Crippen LogP contribution in [0.15, 0.2) is 42.9 Å². The van der Waals surface area contributed by atoms with Gasteiger partial charge in [-0.15, -0.1) is 0 Å². The van der Waals surface area contributed by atoms with E-state index in [0.29, 0.717) is 32.1 Å². The first-order chi connectivity index (χ1) is 11.7. The van der Waals surface area contributed by atoms with Gasteiger partial charge < -0.3 is 14.5 Å². The molecular weight excluding hydrogens is 310 g/mol. The number of ether oxygens (including phenoxy) is 1. The zero-order valence-electron chi connectivity index (χ0n) is 13.0. The summed E-state index contributed by atoms with van der Waals surface area (Å²) in [6.45, 7) is 2.08. The van der Waals surface area contributed by atoms with Crippen molar-refractivity contribution >= 4 is 17.8 Å². The summed E-state index contributed by atoms with van der Waals surface area (Å²) in [5.74, 6) is -0.153. The largest absolute Gasteiger partial charge is 0.451 e. The van der Waals surface area contributed by atoms with Gasteiger partial charge in [0.05, 0.1) is 0 Å². The van der Waals surface area contributed by atoms with E-state index in [1.165, 1.54) is 6.20 Å². The fraction of sp³-hybridized carbons (Fsp3) is 0.312. The lowest BCUT2D eigenvalue weighted by Crippen LogP contribution is -2.50. The van der Waals surface area contributed by atoms with Crippen molar-refractivity contribution in [2.24, 2.45) is 0 Å². The lowest BCUT2D eigenvalue weighted by atomic mass is 10.3. The minimum absolute atomic E-state index is 0.191. The van der Waals surface area contributed by atoms with Crippen LogP contribution >= 0.6 is 0 Å². The van der Waals surface area contributed by atoms with Crippen LogP contribution in [0, 0.1) is 0 Å². The van der Waals surface area contributed by atoms with Crippen molar-refractivity contribution in [1.82, 2.24) is 19.9 Å². The molecule has 0 bridgehead atoms. The summed E-state index contributed by atoms with van der Waals surface area (Å²) in [6, 6.07) is 6.71. The monoisotopic (exact) mass is 327 g/mol. The third-order valence-corrected chi connectivity index (χ3v) is 3.67. The van der Waals surface area contributed by atoms with Gasteiger partial charge in [-0.25, -0.2) is 19.7 Å². The summed E-state index contributed by atoms with van der Waals surface area (Å²) in [5, 5.41) is 0. The number of rotatable bonds is 4. The molecule has 8 nitrogen and oxygen atoms in total. The van der Waals surface area contributed by atoms with Crippen LogP contribution < -0.4 is 4.90 Å². The fourth-order valence-corrected chi connectivity index (χ4v) is 2.39. The quantitative estimate of drug-likeness (QED) is 0.750. The van der Waals surface area contributed by atoms with Gasteiger partial charge in [0.2, 0.25) is 5.95 Å². The third kappa shape index (κ3) is 3.83. The summed E-state index contributed by atoms with van der Waals surface area (Å²) in [7, 11) is 0. The summed E-state index contributed by atoms with van der Waals surface area (Å²) in [4.78, 5) is 39.9. The Hall–Kier alpha value is -3.03. The first kappa shape index (κ1) is 15.9. The number of hydrogen-bond acceptors (Lipinski definition) is 7. The molecule has 0 atom stereocenters. The molecule has 3 rings (SSSR count). The zero-order chi connectivity index (χ0) is 16.8. The number of carbonyl (C=O) groups excluding carboxylic acids is 2. The van der Waals surface area contributed by atoms with Crippen LogP contribution in [0.1, 0.15) is 10.5 Å². The van der Waals surface area contributed by atoms with Gasteiger partial charge in [-0.05, 0) is 18.2 Å². The van der Waals surface area contributed by atoms with Crippen molar-refractivity contribution in [3.05, 3.63) is 48.5 Å². The molecule has 2 aromatic rings. The average molecular weight is 327 g/mol. The molecule has 1 saturated heterocycles. The molecule has 0 unspecified atom stereocenters. The molecule has 0 saturated carbocycles. The lowest BCUT2D eigenvalue weighted by Gasteiger charge is -2.34. The summed E-state index contributed by atoms with van der Waals surface area (Å²) in [5.41, 5.74) is 0.191. The number of hydrogen-bond donors (Lipinski definition) is 0. The van der Waals surface area contributed by atoms with Crippen molar-refractivity contribution < 1.29 is 14.3 Å². The highest BCUT2D eigenvalue weighted by molar-refractivity contribution is 5.89. The maximum Gasteiger partial charge on any atom is 0.357 e. The molecule has 0 aliphatic carbocycles. The number of aromatic nitrogens is 3. The second kappa shape index (κ2) is 7.49. The normalized spacial score (nSPS) is 14.3. The molecule has 0 radical (unpaired) electrons. The Labute approximate surface area is 139 Å². The second-order valence-electron chi connectivity index (χ2n) is 5.21. The topological polar surface area (TPSA) is 88.5 Å². The summed E-state index contributed by atoms with van der Waals surface area (Å²) in [6.07, 6.45) is 4.89. The van der Waals surface area contributed by atoms with Gasteiger partial charge in [0.1, 0.15) is 5.69 Å². The van der Waals surface area contributed by atoms with Crippen LogP contribution in [0.2, 0.25) is 0 Å². The number of nitrogens with zero attached hydrogens (tertiary/aromatic N) is 5. The molecule has 0 N–H and O–H groups in total. The van der Waals surface area contributed by atoms with E-state index in [0.717, 1.165) is 0 Å². The molecule has 0 spiro atoms. The zero-order valence-corrected chi connectivity index (χ0v) is 13.0. The molecule has 24 heavy (non-hydrogen) atoms. The van der Waals surface area contributed by atoms with Crippen molar-refractivity contribution in [2.45, 2.75) is 0 Å². The van der Waals surface area contributed by atoms with Crippen LogP contribution in [-0.2, 0) is 9.53 Å². The van der Waals surface area contributed by atoms with Crippen molar-refractivity contribution in [3.8, 4) is 0 Å². The summed E-state index contributed by atoms with van der Waals surface area (Å²) < 4.78 is 5.02. The van der Waals surface area contributed by atoms with Crippen molar-refractivity contribution in [2.75, 3.05) is 37.7 Å². The Morgan fingerprint density at radius 2 is 1.67 bits per heavy atom. The Kier molecular flexibility index (Phi) is 4.95. The molecule has 8 heteroatoms. The molecule has 2 aromatic heterocycles. The van der Waals surface area contributed by atoms with Crippen molar-refractivity contribution in [3.63, 3.8) is 0 Å². The number of anilines is 1. The van der Waals surface area contributed by atoms with E-state index in [9.17, 15) is 9.59 Å². The maximum absolute atomic E-state index is 12.2. The van der Waals surface area contributed by atoms with Crippen molar-refractivity contribution in [1.29, 1.82) is 0 Å². The summed E-state index contributed by atoms with van der Waals surface area (Å²) >= 11 is 0. The van der Waals surface area contributed by atoms with E-state index in [1.54, 1.807) is 41.6 Å². The average Bonchev–Trinajstić information content (AvgIpc) is 2.67. The number of piperazine rings is 1. The molecule has 3 heterocycles. The van der Waals surface area contributed by atoms with E-state index in [2.05, 4.69) is 15.0 Å². The van der Waals surface area contributed by atoms with Gasteiger partial charge >= 0.3 is 5.97 Å². The molecule has 1 aliphatic heterocycles. The first-order valence-electron chi connectivity index (χ1n) is 7.62. The van der Waals surface area contributed by atoms with E-state index in [4.69, 9.17) is 4.74 Å². The minimum Gasteiger partial charge on any atom is -0.451 e. The Morgan fingerprint density at radius 3 is 2.33 bits per heavy atom. The van der Waals surface area contributed by atoms with Crippen LogP contribution in [0.3, 0.4) is 0 Å². The predicted octanol–water partition coefficient (Wildman–Crippen LogP) is 0.377. The molecule has 1 fully saturated rings. The molecule has 0 aromatic carbocycles. The van der Waals surface area contributed by atoms with Gasteiger partial charge in [0.25, 0.3) is 5.91 Å². The van der Waals surface area contributed by atoms with Gasteiger partial charge in [0, 0.05) is 44.8 Å². The lowest BCUT2D eigenvalue weighted by molar-refractivity contribution is -0.134. The van der Waals surface area contributed by atoms with Gasteiger partial charge in [-0.3, -0.25) is 4.79 Å². The maximum atomic E-state index is 12.2. The molecule has 1 amide bonds. The van der Waals surface area contributed by atoms with Gasteiger partial charge in [-0.2, -0.15) is 0 Å². The number of amides is 1. The van der Waals surface area contributed by atoms with Crippen LogP contribution in [0.25, 0.3) is 0 Å². The number of esters is 1. The Bertz CT molecular complexity index is 687. The van der Waals surface area contributed by atoms with Crippen LogP contribution in [0.5, 0.6) is 0 Å². The molecule has 124 valence electrons. The SMILES string of the molecule is O=C(OCC(=O)N1CCN(c2ncccn2)CC1)c1ccccn1. The predicted molar refractivity (Wildman–Crippen MR) is 85.3 cm³/mol. The van der Waals surface area contributed by atoms with Crippen LogP contribution in [-0.4, -0.2) is 64.5 Å².